The number of ether oxygens (including phenoxy) is 2. The number of aliphatic hydroxyl groups is 1. The van der Waals surface area contributed by atoms with E-state index in [2.05, 4.69) is 31.9 Å². The van der Waals surface area contributed by atoms with Gasteiger partial charge in [0.2, 0.25) is 5.79 Å². The standard InChI is InChI=1S/C9H14Br2O5/c1-8(2)13-6-5(3-10)15-16-9(12,4-11)7(6)14-8/h5-7,12H,3-4H2,1-2H3/t5-,6-,7-,9?/m0/s1. The Hall–Kier alpha value is 0.760. The quantitative estimate of drug-likeness (QED) is 0.593. The van der Waals surface area contributed by atoms with E-state index in [4.69, 9.17) is 19.2 Å². The van der Waals surface area contributed by atoms with Crippen molar-refractivity contribution in [3.63, 3.8) is 0 Å². The monoisotopic (exact) mass is 360 g/mol. The lowest BCUT2D eigenvalue weighted by Crippen LogP contribution is -2.60. The van der Waals surface area contributed by atoms with E-state index < -0.39 is 17.7 Å². The fourth-order valence-electron chi connectivity index (χ4n) is 1.87. The molecule has 1 unspecified atom stereocenters. The fourth-order valence-corrected chi connectivity index (χ4v) is 2.76. The summed E-state index contributed by atoms with van der Waals surface area (Å²) in [7, 11) is 0. The summed E-state index contributed by atoms with van der Waals surface area (Å²) in [5.74, 6) is -2.26. The molecule has 2 aliphatic rings. The van der Waals surface area contributed by atoms with Gasteiger partial charge in [-0.05, 0) is 13.8 Å². The molecule has 2 aliphatic heterocycles. The van der Waals surface area contributed by atoms with Crippen LogP contribution in [0.1, 0.15) is 13.8 Å². The van der Waals surface area contributed by atoms with E-state index in [1.165, 1.54) is 0 Å². The van der Waals surface area contributed by atoms with Gasteiger partial charge in [0.15, 0.2) is 5.79 Å². The molecule has 0 aromatic carbocycles. The van der Waals surface area contributed by atoms with Crippen molar-refractivity contribution in [2.45, 2.75) is 43.7 Å². The Kier molecular flexibility index (Phi) is 3.68. The molecule has 5 nitrogen and oxygen atoms in total. The van der Waals surface area contributed by atoms with Crippen LogP contribution in [-0.2, 0) is 19.2 Å². The van der Waals surface area contributed by atoms with Crippen LogP contribution in [0.5, 0.6) is 0 Å². The predicted molar refractivity (Wildman–Crippen MR) is 62.3 cm³/mol. The number of fused-ring (bicyclic) bond motifs is 1. The van der Waals surface area contributed by atoms with Crippen LogP contribution in [0.2, 0.25) is 0 Å². The van der Waals surface area contributed by atoms with Crippen molar-refractivity contribution < 1.29 is 24.4 Å². The molecular formula is C9H14Br2O5. The van der Waals surface area contributed by atoms with Gasteiger partial charge >= 0.3 is 0 Å². The third kappa shape index (κ3) is 2.19. The molecule has 2 saturated heterocycles. The summed E-state index contributed by atoms with van der Waals surface area (Å²) in [5.41, 5.74) is 0. The van der Waals surface area contributed by atoms with E-state index in [9.17, 15) is 5.11 Å². The van der Waals surface area contributed by atoms with Gasteiger partial charge < -0.3 is 14.6 Å². The Balaban J connectivity index is 2.23. The largest absolute Gasteiger partial charge is 0.361 e. The van der Waals surface area contributed by atoms with Crippen molar-refractivity contribution in [1.82, 2.24) is 0 Å². The third-order valence-corrected chi connectivity index (χ3v) is 4.04. The van der Waals surface area contributed by atoms with Crippen molar-refractivity contribution in [3.05, 3.63) is 0 Å². The first kappa shape index (κ1) is 13.2. The van der Waals surface area contributed by atoms with Crippen LogP contribution in [0.15, 0.2) is 0 Å². The van der Waals surface area contributed by atoms with Crippen LogP contribution in [0.25, 0.3) is 0 Å². The smallest absolute Gasteiger partial charge is 0.238 e. The summed E-state index contributed by atoms with van der Waals surface area (Å²) in [6, 6.07) is 0. The summed E-state index contributed by atoms with van der Waals surface area (Å²) < 4.78 is 11.4. The number of halogens is 2. The normalized spacial score (nSPS) is 46.7. The first-order valence-corrected chi connectivity index (χ1v) is 7.20. The van der Waals surface area contributed by atoms with Crippen LogP contribution in [-0.4, -0.2) is 45.7 Å². The second kappa shape index (κ2) is 4.46. The number of hydrogen-bond donors (Lipinski definition) is 1. The lowest BCUT2D eigenvalue weighted by atomic mass is 10.0. The zero-order chi connectivity index (χ0) is 12.0. The molecule has 94 valence electrons. The molecule has 0 aromatic rings. The number of hydrogen-bond acceptors (Lipinski definition) is 5. The molecule has 0 radical (unpaired) electrons. The average Bonchev–Trinajstić information content (AvgIpc) is 2.56. The zero-order valence-electron chi connectivity index (χ0n) is 8.98. The molecule has 0 amide bonds. The summed E-state index contributed by atoms with van der Waals surface area (Å²) in [5, 5.41) is 10.9. The van der Waals surface area contributed by atoms with Crippen LogP contribution < -0.4 is 0 Å². The van der Waals surface area contributed by atoms with Crippen LogP contribution in [0.4, 0.5) is 0 Å². The highest BCUT2D eigenvalue weighted by Gasteiger charge is 2.59. The van der Waals surface area contributed by atoms with E-state index in [1.807, 2.05) is 0 Å². The number of alkyl halides is 2. The molecule has 16 heavy (non-hydrogen) atoms. The number of rotatable bonds is 2. The minimum absolute atomic E-state index is 0.190. The summed E-state index contributed by atoms with van der Waals surface area (Å²) >= 11 is 6.49. The Morgan fingerprint density at radius 1 is 1.25 bits per heavy atom. The second-order valence-corrected chi connectivity index (χ2v) is 5.58. The lowest BCUT2D eigenvalue weighted by molar-refractivity contribution is -0.475. The van der Waals surface area contributed by atoms with Crippen molar-refractivity contribution in [3.8, 4) is 0 Å². The van der Waals surface area contributed by atoms with Crippen LogP contribution in [0, 0.1) is 0 Å². The molecular weight excluding hydrogens is 348 g/mol. The Morgan fingerprint density at radius 3 is 2.50 bits per heavy atom. The summed E-state index contributed by atoms with van der Waals surface area (Å²) in [4.78, 5) is 10.1. The minimum atomic E-state index is -1.52. The predicted octanol–water partition coefficient (Wildman–Crippen LogP) is 1.32. The third-order valence-electron chi connectivity index (χ3n) is 2.60. The van der Waals surface area contributed by atoms with E-state index in [1.54, 1.807) is 13.8 Å². The molecule has 2 heterocycles. The maximum absolute atomic E-state index is 10.2. The molecule has 0 spiro atoms. The van der Waals surface area contributed by atoms with Crippen molar-refractivity contribution >= 4 is 31.9 Å². The second-order valence-electron chi connectivity index (χ2n) is 4.37. The SMILES string of the molecule is CC1(C)O[C@H]2[C@H](CBr)OOC(O)(CBr)[C@H]2O1. The van der Waals surface area contributed by atoms with Gasteiger partial charge in [-0.15, -0.1) is 0 Å². The molecule has 0 aliphatic carbocycles. The van der Waals surface area contributed by atoms with E-state index in [0.29, 0.717) is 5.33 Å². The maximum Gasteiger partial charge on any atom is 0.238 e. The van der Waals surface area contributed by atoms with E-state index >= 15 is 0 Å². The Morgan fingerprint density at radius 2 is 1.94 bits per heavy atom. The molecule has 0 saturated carbocycles. The van der Waals surface area contributed by atoms with Crippen LogP contribution >= 0.6 is 31.9 Å². The van der Waals surface area contributed by atoms with E-state index in [0.717, 1.165) is 0 Å². The summed E-state index contributed by atoms with van der Waals surface area (Å²) in [6.45, 7) is 3.59. The van der Waals surface area contributed by atoms with E-state index in [-0.39, 0.29) is 17.5 Å². The minimum Gasteiger partial charge on any atom is -0.361 e. The van der Waals surface area contributed by atoms with Crippen LogP contribution in [0.3, 0.4) is 0 Å². The van der Waals surface area contributed by atoms with Gasteiger partial charge in [0.05, 0.1) is 5.33 Å². The van der Waals surface area contributed by atoms with Crippen molar-refractivity contribution in [2.75, 3.05) is 10.7 Å². The highest BCUT2D eigenvalue weighted by Crippen LogP contribution is 2.41. The fraction of sp³-hybridized carbons (Fsp3) is 1.00. The topological polar surface area (TPSA) is 57.2 Å². The molecule has 0 bridgehead atoms. The lowest BCUT2D eigenvalue weighted by Gasteiger charge is -2.39. The Labute approximate surface area is 111 Å². The maximum atomic E-state index is 10.2. The molecule has 2 rings (SSSR count). The van der Waals surface area contributed by atoms with Gasteiger partial charge in [0.25, 0.3) is 0 Å². The molecule has 1 N–H and O–H groups in total. The first-order valence-electron chi connectivity index (χ1n) is 4.96. The highest BCUT2D eigenvalue weighted by atomic mass is 79.9. The zero-order valence-corrected chi connectivity index (χ0v) is 12.2. The first-order chi connectivity index (χ1) is 7.42. The van der Waals surface area contributed by atoms with Gasteiger partial charge in [-0.1, -0.05) is 31.9 Å². The Bertz CT molecular complexity index is 275. The van der Waals surface area contributed by atoms with Crippen molar-refractivity contribution in [2.24, 2.45) is 0 Å². The van der Waals surface area contributed by atoms with Gasteiger partial charge in [-0.2, -0.15) is 4.89 Å². The average molecular weight is 362 g/mol. The molecule has 2 fully saturated rings. The van der Waals surface area contributed by atoms with Gasteiger partial charge in [-0.25, -0.2) is 4.89 Å². The summed E-state index contributed by atoms with van der Waals surface area (Å²) in [6.07, 6.45) is -1.23. The van der Waals surface area contributed by atoms with Crippen molar-refractivity contribution in [1.29, 1.82) is 0 Å². The highest BCUT2D eigenvalue weighted by molar-refractivity contribution is 9.09. The van der Waals surface area contributed by atoms with Gasteiger partial charge in [0, 0.05) is 5.33 Å². The molecule has 4 atom stereocenters. The molecule has 0 aromatic heterocycles. The van der Waals surface area contributed by atoms with Gasteiger partial charge in [-0.3, -0.25) is 0 Å². The molecule has 7 heteroatoms. The van der Waals surface area contributed by atoms with Gasteiger partial charge in [0.1, 0.15) is 18.3 Å².